The fourth-order valence-corrected chi connectivity index (χ4v) is 1.40. The van der Waals surface area contributed by atoms with E-state index in [-0.39, 0.29) is 0 Å². The molecule has 4 nitrogen and oxygen atoms in total. The highest BCUT2D eigenvalue weighted by atomic mass is 127. The van der Waals surface area contributed by atoms with Gasteiger partial charge in [0, 0.05) is 9.99 Å². The molecule has 5 heteroatoms. The first-order valence-electron chi connectivity index (χ1n) is 3.81. The number of tetrazole rings is 1. The summed E-state index contributed by atoms with van der Waals surface area (Å²) < 4.78 is 1.23. The van der Waals surface area contributed by atoms with E-state index in [1.807, 2.05) is 0 Å². The van der Waals surface area contributed by atoms with Crippen molar-refractivity contribution >= 4 is 22.6 Å². The smallest absolute Gasteiger partial charge is 0.177 e. The van der Waals surface area contributed by atoms with Gasteiger partial charge in [-0.15, -0.1) is 10.2 Å². The van der Waals surface area contributed by atoms with Crippen molar-refractivity contribution in [1.29, 1.82) is 0 Å². The van der Waals surface area contributed by atoms with Crippen molar-refractivity contribution in [3.63, 3.8) is 0 Å². The van der Waals surface area contributed by atoms with Crippen LogP contribution in [0.5, 0.6) is 0 Å². The van der Waals surface area contributed by atoms with Crippen LogP contribution < -0.4 is 0 Å². The van der Waals surface area contributed by atoms with Crippen molar-refractivity contribution in [3.8, 4) is 0 Å². The Hall–Kier alpha value is -0.980. The molecule has 0 aliphatic heterocycles. The molecule has 2 aromatic rings. The van der Waals surface area contributed by atoms with Gasteiger partial charge in [0.25, 0.3) is 0 Å². The topological polar surface area (TPSA) is 54.5 Å². The maximum atomic E-state index is 3.88. The van der Waals surface area contributed by atoms with Crippen LogP contribution >= 0.6 is 22.6 Å². The molecule has 0 aliphatic carbocycles. The molecule has 1 N–H and O–H groups in total. The van der Waals surface area contributed by atoms with Crippen molar-refractivity contribution in [3.05, 3.63) is 39.2 Å². The molecule has 0 spiro atoms. The highest BCUT2D eigenvalue weighted by Crippen LogP contribution is 2.08. The summed E-state index contributed by atoms with van der Waals surface area (Å²) in [6, 6.07) is 8.27. The van der Waals surface area contributed by atoms with E-state index in [0.717, 1.165) is 12.2 Å². The second-order valence-electron chi connectivity index (χ2n) is 2.63. The standard InChI is InChI=1S/C8H7IN4/c9-7-3-1-6(2-4-7)5-8-10-12-13-11-8/h1-4H,5H2,(H,10,11,12,13). The highest BCUT2D eigenvalue weighted by molar-refractivity contribution is 14.1. The van der Waals surface area contributed by atoms with Crippen LogP contribution in [0.15, 0.2) is 24.3 Å². The summed E-state index contributed by atoms with van der Waals surface area (Å²) in [5, 5.41) is 13.7. The molecule has 1 heterocycles. The van der Waals surface area contributed by atoms with Crippen LogP contribution in [0, 0.1) is 3.57 Å². The molecule has 0 saturated heterocycles. The fraction of sp³-hybridized carbons (Fsp3) is 0.125. The van der Waals surface area contributed by atoms with E-state index in [1.165, 1.54) is 9.13 Å². The largest absolute Gasteiger partial charge is 0.178 e. The summed E-state index contributed by atoms with van der Waals surface area (Å²) in [5.41, 5.74) is 1.20. The number of benzene rings is 1. The zero-order valence-corrected chi connectivity index (χ0v) is 8.89. The molecule has 1 aromatic carbocycles. The van der Waals surface area contributed by atoms with Gasteiger partial charge in [-0.3, -0.25) is 0 Å². The average molecular weight is 286 g/mol. The van der Waals surface area contributed by atoms with E-state index in [4.69, 9.17) is 0 Å². The van der Waals surface area contributed by atoms with E-state index in [1.54, 1.807) is 0 Å². The van der Waals surface area contributed by atoms with Gasteiger partial charge < -0.3 is 0 Å². The summed E-state index contributed by atoms with van der Waals surface area (Å²) in [4.78, 5) is 0. The van der Waals surface area contributed by atoms with Crippen molar-refractivity contribution in [2.75, 3.05) is 0 Å². The monoisotopic (exact) mass is 286 g/mol. The van der Waals surface area contributed by atoms with Gasteiger partial charge >= 0.3 is 0 Å². The quantitative estimate of drug-likeness (QED) is 0.849. The summed E-state index contributed by atoms with van der Waals surface area (Å²) in [5.74, 6) is 0.723. The zero-order valence-electron chi connectivity index (χ0n) is 6.74. The Morgan fingerprint density at radius 1 is 1.23 bits per heavy atom. The number of H-pyrrole nitrogens is 1. The molecule has 0 amide bonds. The average Bonchev–Trinajstić information content (AvgIpc) is 2.62. The predicted molar refractivity (Wildman–Crippen MR) is 56.1 cm³/mol. The van der Waals surface area contributed by atoms with Gasteiger partial charge in [0.1, 0.15) is 0 Å². The van der Waals surface area contributed by atoms with E-state index in [2.05, 4.69) is 67.5 Å². The van der Waals surface area contributed by atoms with Gasteiger partial charge in [-0.25, -0.2) is 0 Å². The van der Waals surface area contributed by atoms with Gasteiger partial charge in [0.05, 0.1) is 0 Å². The molecular weight excluding hydrogens is 279 g/mol. The van der Waals surface area contributed by atoms with E-state index in [0.29, 0.717) is 0 Å². The minimum atomic E-state index is 0.723. The number of nitrogens with one attached hydrogen (secondary N) is 1. The van der Waals surface area contributed by atoms with Crippen LogP contribution in [-0.2, 0) is 6.42 Å². The number of halogens is 1. The third-order valence-electron chi connectivity index (χ3n) is 1.66. The molecular formula is C8H7IN4. The maximum absolute atomic E-state index is 3.88. The molecule has 0 radical (unpaired) electrons. The van der Waals surface area contributed by atoms with E-state index in [9.17, 15) is 0 Å². The summed E-state index contributed by atoms with van der Waals surface area (Å²) >= 11 is 2.28. The van der Waals surface area contributed by atoms with Crippen LogP contribution in [0.1, 0.15) is 11.4 Å². The van der Waals surface area contributed by atoms with Crippen molar-refractivity contribution in [2.24, 2.45) is 0 Å². The van der Waals surface area contributed by atoms with Crippen LogP contribution in [-0.4, -0.2) is 20.6 Å². The molecule has 0 unspecified atom stereocenters. The molecule has 66 valence electrons. The lowest BCUT2D eigenvalue weighted by atomic mass is 10.1. The Morgan fingerprint density at radius 2 is 2.00 bits per heavy atom. The molecule has 2 rings (SSSR count). The minimum Gasteiger partial charge on any atom is -0.177 e. The number of aromatic amines is 1. The molecule has 0 atom stereocenters. The number of hydrogen-bond donors (Lipinski definition) is 1. The molecule has 0 fully saturated rings. The maximum Gasteiger partial charge on any atom is 0.178 e. The van der Waals surface area contributed by atoms with Crippen molar-refractivity contribution in [2.45, 2.75) is 6.42 Å². The normalized spacial score (nSPS) is 10.2. The van der Waals surface area contributed by atoms with Gasteiger partial charge in [-0.05, 0) is 40.3 Å². The molecule has 0 saturated carbocycles. The van der Waals surface area contributed by atoms with Gasteiger partial charge in [-0.2, -0.15) is 5.21 Å². The Kier molecular flexibility index (Phi) is 2.53. The lowest BCUT2D eigenvalue weighted by Crippen LogP contribution is -1.90. The first-order chi connectivity index (χ1) is 6.34. The van der Waals surface area contributed by atoms with E-state index < -0.39 is 0 Å². The fourth-order valence-electron chi connectivity index (χ4n) is 1.04. The van der Waals surface area contributed by atoms with Crippen LogP contribution in [0.25, 0.3) is 0 Å². The van der Waals surface area contributed by atoms with Crippen molar-refractivity contribution < 1.29 is 0 Å². The highest BCUT2D eigenvalue weighted by Gasteiger charge is 1.99. The molecule has 13 heavy (non-hydrogen) atoms. The molecule has 1 aromatic heterocycles. The van der Waals surface area contributed by atoms with Gasteiger partial charge in [-0.1, -0.05) is 17.3 Å². The number of hydrogen-bond acceptors (Lipinski definition) is 3. The summed E-state index contributed by atoms with van der Waals surface area (Å²) in [7, 11) is 0. The first-order valence-corrected chi connectivity index (χ1v) is 4.89. The summed E-state index contributed by atoms with van der Waals surface area (Å²) in [6.07, 6.45) is 0.730. The predicted octanol–water partition coefficient (Wildman–Crippen LogP) is 1.40. The lowest BCUT2D eigenvalue weighted by molar-refractivity contribution is 0.881. The second-order valence-corrected chi connectivity index (χ2v) is 3.88. The number of rotatable bonds is 2. The van der Waals surface area contributed by atoms with Gasteiger partial charge in [0.15, 0.2) is 5.82 Å². The molecule has 0 aliphatic rings. The number of nitrogens with zero attached hydrogens (tertiary/aromatic N) is 3. The Labute approximate surface area is 88.9 Å². The Morgan fingerprint density at radius 3 is 2.62 bits per heavy atom. The third-order valence-corrected chi connectivity index (χ3v) is 2.38. The zero-order chi connectivity index (χ0) is 9.10. The van der Waals surface area contributed by atoms with E-state index >= 15 is 0 Å². The summed E-state index contributed by atoms with van der Waals surface area (Å²) in [6.45, 7) is 0. The third kappa shape index (κ3) is 2.24. The van der Waals surface area contributed by atoms with Crippen LogP contribution in [0.3, 0.4) is 0 Å². The van der Waals surface area contributed by atoms with Gasteiger partial charge in [0.2, 0.25) is 0 Å². The SMILES string of the molecule is Ic1ccc(Cc2nn[nH]n2)cc1. The lowest BCUT2D eigenvalue weighted by Gasteiger charge is -1.95. The Balaban J connectivity index is 2.15. The van der Waals surface area contributed by atoms with Crippen molar-refractivity contribution in [1.82, 2.24) is 20.6 Å². The van der Waals surface area contributed by atoms with Crippen LogP contribution in [0.2, 0.25) is 0 Å². The molecule has 0 bridgehead atoms. The van der Waals surface area contributed by atoms with Crippen LogP contribution in [0.4, 0.5) is 0 Å². The second kappa shape index (κ2) is 3.82. The minimum absolute atomic E-state index is 0.723. The number of aromatic nitrogens is 4. The Bertz CT molecular complexity index is 368. The first kappa shape index (κ1) is 8.61.